The normalized spacial score (nSPS) is 11.0. The van der Waals surface area contributed by atoms with Crippen molar-refractivity contribution in [3.63, 3.8) is 0 Å². The van der Waals surface area contributed by atoms with E-state index in [1.807, 2.05) is 60.7 Å². The molecule has 0 saturated carbocycles. The van der Waals surface area contributed by atoms with Crippen molar-refractivity contribution in [3.8, 4) is 5.75 Å². The third kappa shape index (κ3) is 3.93. The fourth-order valence-corrected chi connectivity index (χ4v) is 4.39. The number of anilines is 1. The van der Waals surface area contributed by atoms with E-state index in [1.165, 1.54) is 11.3 Å². The fraction of sp³-hybridized carbons (Fsp3) is 0.0400. The minimum Gasteiger partial charge on any atom is -0.489 e. The molecule has 5 nitrogen and oxygen atoms in total. The van der Waals surface area contributed by atoms with Crippen LogP contribution in [0.3, 0.4) is 0 Å². The molecule has 0 spiro atoms. The Morgan fingerprint density at radius 3 is 2.45 bits per heavy atom. The zero-order valence-corrected chi connectivity index (χ0v) is 17.1. The van der Waals surface area contributed by atoms with Crippen molar-refractivity contribution in [2.45, 2.75) is 6.61 Å². The highest BCUT2D eigenvalue weighted by Crippen LogP contribution is 2.31. The van der Waals surface area contributed by atoms with Gasteiger partial charge < -0.3 is 14.5 Å². The van der Waals surface area contributed by atoms with Crippen LogP contribution in [0.15, 0.2) is 94.1 Å². The van der Waals surface area contributed by atoms with E-state index < -0.39 is 5.63 Å². The number of hydrogen-bond donors (Lipinski definition) is 1. The second-order valence-electron chi connectivity index (χ2n) is 6.99. The van der Waals surface area contributed by atoms with Gasteiger partial charge in [-0.3, -0.25) is 4.79 Å². The molecular formula is C25H17NO4S. The number of para-hydroxylation sites is 1. The van der Waals surface area contributed by atoms with Crippen molar-refractivity contribution < 1.29 is 13.9 Å². The lowest BCUT2D eigenvalue weighted by molar-refractivity contribution is 0.103. The Morgan fingerprint density at radius 1 is 0.903 bits per heavy atom. The molecule has 0 aliphatic carbocycles. The summed E-state index contributed by atoms with van der Waals surface area (Å²) in [6.07, 6.45) is 0. The average molecular weight is 427 g/mol. The molecule has 5 rings (SSSR count). The van der Waals surface area contributed by atoms with Gasteiger partial charge in [0.25, 0.3) is 5.91 Å². The second kappa shape index (κ2) is 8.08. The van der Waals surface area contributed by atoms with Gasteiger partial charge in [0.05, 0.1) is 15.0 Å². The van der Waals surface area contributed by atoms with Gasteiger partial charge in [-0.1, -0.05) is 42.5 Å². The number of nitrogens with one attached hydrogen (secondary N) is 1. The van der Waals surface area contributed by atoms with Crippen LogP contribution in [-0.2, 0) is 6.61 Å². The van der Waals surface area contributed by atoms with E-state index in [0.717, 1.165) is 15.6 Å². The summed E-state index contributed by atoms with van der Waals surface area (Å²) in [6, 6.07) is 26.0. The predicted molar refractivity (Wildman–Crippen MR) is 123 cm³/mol. The van der Waals surface area contributed by atoms with Gasteiger partial charge >= 0.3 is 5.63 Å². The first-order chi connectivity index (χ1) is 15.2. The first-order valence-electron chi connectivity index (χ1n) is 9.71. The maximum absolute atomic E-state index is 12.8. The molecule has 0 radical (unpaired) electrons. The van der Waals surface area contributed by atoms with Crippen molar-refractivity contribution in [1.82, 2.24) is 0 Å². The van der Waals surface area contributed by atoms with Crippen molar-refractivity contribution in [1.29, 1.82) is 0 Å². The molecule has 0 bridgehead atoms. The first-order valence-corrected chi connectivity index (χ1v) is 10.5. The van der Waals surface area contributed by atoms with E-state index in [2.05, 4.69) is 5.32 Å². The van der Waals surface area contributed by atoms with Crippen molar-refractivity contribution >= 4 is 44.0 Å². The zero-order chi connectivity index (χ0) is 21.2. The summed E-state index contributed by atoms with van der Waals surface area (Å²) in [7, 11) is 0. The summed E-state index contributed by atoms with van der Waals surface area (Å²) in [5.74, 6) is 0.440. The fourth-order valence-electron chi connectivity index (χ4n) is 3.32. The predicted octanol–water partition coefficient (Wildman–Crippen LogP) is 5.84. The largest absolute Gasteiger partial charge is 0.489 e. The number of carbonyl (C=O) groups is 1. The number of benzene rings is 3. The van der Waals surface area contributed by atoms with Gasteiger partial charge in [-0.2, -0.15) is 0 Å². The Balaban J connectivity index is 1.33. The molecule has 0 saturated heterocycles. The molecule has 5 aromatic rings. The highest BCUT2D eigenvalue weighted by Gasteiger charge is 2.16. The summed E-state index contributed by atoms with van der Waals surface area (Å²) in [5.41, 5.74) is 1.80. The number of thiophene rings is 1. The third-order valence-corrected chi connectivity index (χ3v) is 6.04. The molecular weight excluding hydrogens is 410 g/mol. The molecule has 2 heterocycles. The summed E-state index contributed by atoms with van der Waals surface area (Å²) in [5, 5.41) is 4.11. The Kier molecular flexibility index (Phi) is 4.98. The molecule has 3 aromatic carbocycles. The molecule has 1 amide bonds. The third-order valence-electron chi connectivity index (χ3n) is 4.87. The smallest absolute Gasteiger partial charge is 0.345 e. The minimum absolute atomic E-state index is 0.275. The van der Waals surface area contributed by atoms with E-state index in [1.54, 1.807) is 24.3 Å². The van der Waals surface area contributed by atoms with Crippen molar-refractivity contribution in [3.05, 3.63) is 106 Å². The van der Waals surface area contributed by atoms with Crippen LogP contribution in [0.1, 0.15) is 15.2 Å². The molecule has 0 fully saturated rings. The van der Waals surface area contributed by atoms with Crippen LogP contribution >= 0.6 is 11.3 Å². The van der Waals surface area contributed by atoms with E-state index in [9.17, 15) is 9.59 Å². The van der Waals surface area contributed by atoms with E-state index in [0.29, 0.717) is 33.9 Å². The van der Waals surface area contributed by atoms with Crippen LogP contribution < -0.4 is 15.7 Å². The lowest BCUT2D eigenvalue weighted by Gasteiger charge is -2.08. The highest BCUT2D eigenvalue weighted by molar-refractivity contribution is 7.21. The Hall–Kier alpha value is -3.90. The first kappa shape index (κ1) is 19.1. The van der Waals surface area contributed by atoms with Crippen LogP contribution in [-0.4, -0.2) is 5.91 Å². The summed E-state index contributed by atoms with van der Waals surface area (Å²) >= 11 is 1.28. The highest BCUT2D eigenvalue weighted by atomic mass is 32.1. The van der Waals surface area contributed by atoms with Gasteiger partial charge in [-0.25, -0.2) is 4.79 Å². The van der Waals surface area contributed by atoms with E-state index >= 15 is 0 Å². The van der Waals surface area contributed by atoms with Gasteiger partial charge in [0.2, 0.25) is 0 Å². The zero-order valence-electron chi connectivity index (χ0n) is 16.3. The second-order valence-corrected chi connectivity index (χ2v) is 8.04. The summed E-state index contributed by atoms with van der Waals surface area (Å²) in [4.78, 5) is 25.5. The molecule has 152 valence electrons. The Bertz CT molecular complexity index is 1440. The molecule has 1 N–H and O–H groups in total. The maximum atomic E-state index is 12.8. The average Bonchev–Trinajstić information content (AvgIpc) is 3.26. The number of rotatable bonds is 5. The summed E-state index contributed by atoms with van der Waals surface area (Å²) in [6.45, 7) is 0.477. The molecule has 31 heavy (non-hydrogen) atoms. The number of fused-ring (bicyclic) bond motifs is 3. The monoisotopic (exact) mass is 427 g/mol. The maximum Gasteiger partial charge on any atom is 0.345 e. The van der Waals surface area contributed by atoms with Gasteiger partial charge in [-0.15, -0.1) is 11.3 Å². The Labute approximate surface area is 181 Å². The lowest BCUT2D eigenvalue weighted by atomic mass is 10.2. The van der Waals surface area contributed by atoms with E-state index in [-0.39, 0.29) is 5.91 Å². The van der Waals surface area contributed by atoms with Gasteiger partial charge in [-0.05, 0) is 48.0 Å². The number of ether oxygens (including phenoxy) is 1. The van der Waals surface area contributed by atoms with Crippen molar-refractivity contribution in [2.24, 2.45) is 0 Å². The molecule has 2 aromatic heterocycles. The standard InChI is InChI=1S/C25H17NO4S/c27-24(22-14-20-23(31-22)19-8-4-5-9-21(19)30-25(20)28)26-17-10-12-18(13-11-17)29-15-16-6-2-1-3-7-16/h1-14H,15H2,(H,26,27). The quantitative estimate of drug-likeness (QED) is 0.358. The SMILES string of the molecule is O=C(Nc1ccc(OCc2ccccc2)cc1)c1cc2c(=O)oc3ccccc3c2s1. The molecule has 0 unspecified atom stereocenters. The number of amides is 1. The van der Waals surface area contributed by atoms with Crippen LogP contribution in [0.4, 0.5) is 5.69 Å². The molecule has 0 atom stereocenters. The molecule has 0 aliphatic rings. The molecule has 0 aliphatic heterocycles. The molecule has 6 heteroatoms. The van der Waals surface area contributed by atoms with Gasteiger partial charge in [0, 0.05) is 11.1 Å². The van der Waals surface area contributed by atoms with Crippen LogP contribution in [0.5, 0.6) is 5.75 Å². The topological polar surface area (TPSA) is 68.5 Å². The van der Waals surface area contributed by atoms with Crippen LogP contribution in [0.25, 0.3) is 21.1 Å². The Morgan fingerprint density at radius 2 is 1.65 bits per heavy atom. The minimum atomic E-state index is -0.441. The van der Waals surface area contributed by atoms with Gasteiger partial charge in [0.1, 0.15) is 17.9 Å². The summed E-state index contributed by atoms with van der Waals surface area (Å²) < 4.78 is 11.9. The van der Waals surface area contributed by atoms with Gasteiger partial charge in [0.15, 0.2) is 0 Å². The van der Waals surface area contributed by atoms with Crippen LogP contribution in [0.2, 0.25) is 0 Å². The number of hydrogen-bond acceptors (Lipinski definition) is 5. The van der Waals surface area contributed by atoms with E-state index in [4.69, 9.17) is 9.15 Å². The van der Waals surface area contributed by atoms with Crippen molar-refractivity contribution in [2.75, 3.05) is 5.32 Å². The lowest BCUT2D eigenvalue weighted by Crippen LogP contribution is -2.10. The van der Waals surface area contributed by atoms with Crippen LogP contribution in [0, 0.1) is 0 Å². The number of carbonyl (C=O) groups excluding carboxylic acids is 1.